The normalized spacial score (nSPS) is 17.0. The average molecular weight is 359 g/mol. The Kier molecular flexibility index (Phi) is 5.96. The van der Waals surface area contributed by atoms with Crippen molar-refractivity contribution in [2.75, 3.05) is 31.5 Å². The number of nitrogens with zero attached hydrogens (tertiary/aromatic N) is 2. The van der Waals surface area contributed by atoms with Gasteiger partial charge in [-0.15, -0.1) is 0 Å². The molecule has 0 unspecified atom stereocenters. The average Bonchev–Trinajstić information content (AvgIpc) is 2.65. The quantitative estimate of drug-likeness (QED) is 0.891. The second-order valence-corrected chi connectivity index (χ2v) is 6.55. The van der Waals surface area contributed by atoms with Crippen LogP contribution in [0, 0.1) is 11.6 Å². The van der Waals surface area contributed by atoms with E-state index in [1.54, 1.807) is 30.3 Å². The molecule has 0 radical (unpaired) electrons. The smallest absolute Gasteiger partial charge is 0.241 e. The van der Waals surface area contributed by atoms with Crippen LogP contribution in [0.1, 0.15) is 12.5 Å². The molecule has 1 N–H and O–H groups in total. The van der Waals surface area contributed by atoms with Crippen LogP contribution in [0.25, 0.3) is 0 Å². The highest BCUT2D eigenvalue weighted by Crippen LogP contribution is 2.16. The lowest BCUT2D eigenvalue weighted by molar-refractivity contribution is -0.121. The van der Waals surface area contributed by atoms with Crippen molar-refractivity contribution in [3.05, 3.63) is 65.7 Å². The summed E-state index contributed by atoms with van der Waals surface area (Å²) in [6, 6.07) is 12.6. The van der Waals surface area contributed by atoms with E-state index in [1.807, 2.05) is 13.0 Å². The van der Waals surface area contributed by atoms with Crippen LogP contribution in [0.5, 0.6) is 0 Å². The van der Waals surface area contributed by atoms with Crippen molar-refractivity contribution in [2.45, 2.75) is 19.5 Å². The van der Waals surface area contributed by atoms with Gasteiger partial charge in [0.1, 0.15) is 11.6 Å². The van der Waals surface area contributed by atoms with Crippen LogP contribution in [-0.2, 0) is 11.3 Å². The van der Waals surface area contributed by atoms with Gasteiger partial charge in [-0.3, -0.25) is 14.6 Å². The van der Waals surface area contributed by atoms with Gasteiger partial charge in [0.15, 0.2) is 0 Å². The third-order valence-electron chi connectivity index (χ3n) is 4.82. The molecule has 1 saturated heterocycles. The molecule has 1 aliphatic heterocycles. The van der Waals surface area contributed by atoms with Crippen LogP contribution in [-0.4, -0.2) is 47.9 Å². The first-order chi connectivity index (χ1) is 12.5. The van der Waals surface area contributed by atoms with Crippen LogP contribution in [0.3, 0.4) is 0 Å². The zero-order valence-electron chi connectivity index (χ0n) is 14.8. The standard InChI is InChI=1S/C20H23F2N3O/c1-15(20(26)23-19-9-5-4-8-18(19)22)25-12-10-24(11-13-25)14-16-6-2-3-7-17(16)21/h2-9,15H,10-14H2,1H3,(H,23,26)/t15-/m1/s1. The van der Waals surface area contributed by atoms with E-state index in [4.69, 9.17) is 0 Å². The highest BCUT2D eigenvalue weighted by molar-refractivity contribution is 5.94. The molecule has 2 aromatic rings. The molecule has 1 amide bonds. The molecule has 0 spiro atoms. The topological polar surface area (TPSA) is 35.6 Å². The fourth-order valence-electron chi connectivity index (χ4n) is 3.14. The van der Waals surface area contributed by atoms with E-state index in [0.29, 0.717) is 25.2 Å². The lowest BCUT2D eigenvalue weighted by Crippen LogP contribution is -2.52. The van der Waals surface area contributed by atoms with E-state index >= 15 is 0 Å². The van der Waals surface area contributed by atoms with E-state index in [0.717, 1.165) is 13.1 Å². The largest absolute Gasteiger partial charge is 0.322 e. The van der Waals surface area contributed by atoms with Gasteiger partial charge in [0.2, 0.25) is 5.91 Å². The van der Waals surface area contributed by atoms with Crippen LogP contribution in [0.15, 0.2) is 48.5 Å². The minimum Gasteiger partial charge on any atom is -0.322 e. The van der Waals surface area contributed by atoms with Crippen LogP contribution >= 0.6 is 0 Å². The van der Waals surface area contributed by atoms with Gasteiger partial charge in [-0.1, -0.05) is 30.3 Å². The number of hydrogen-bond donors (Lipinski definition) is 1. The summed E-state index contributed by atoms with van der Waals surface area (Å²) < 4.78 is 27.5. The van der Waals surface area contributed by atoms with Crippen molar-refractivity contribution < 1.29 is 13.6 Å². The predicted octanol–water partition coefficient (Wildman–Crippen LogP) is 3.11. The summed E-state index contributed by atoms with van der Waals surface area (Å²) in [6.45, 7) is 5.32. The zero-order chi connectivity index (χ0) is 18.5. The number of rotatable bonds is 5. The molecule has 1 fully saturated rings. The van der Waals surface area contributed by atoms with Gasteiger partial charge >= 0.3 is 0 Å². The summed E-state index contributed by atoms with van der Waals surface area (Å²) in [5, 5.41) is 2.65. The number of halogens is 2. The monoisotopic (exact) mass is 359 g/mol. The maximum absolute atomic E-state index is 13.8. The molecular formula is C20H23F2N3O. The van der Waals surface area contributed by atoms with Crippen molar-refractivity contribution in [1.82, 2.24) is 9.80 Å². The Morgan fingerprint density at radius 1 is 1.00 bits per heavy atom. The van der Waals surface area contributed by atoms with E-state index in [1.165, 1.54) is 12.1 Å². The van der Waals surface area contributed by atoms with Gasteiger partial charge in [-0.25, -0.2) is 8.78 Å². The number of nitrogens with one attached hydrogen (secondary N) is 1. The number of amides is 1. The minimum atomic E-state index is -0.442. The number of para-hydroxylation sites is 1. The Morgan fingerprint density at radius 3 is 2.27 bits per heavy atom. The van der Waals surface area contributed by atoms with E-state index < -0.39 is 5.82 Å². The third kappa shape index (κ3) is 4.45. The zero-order valence-corrected chi connectivity index (χ0v) is 14.8. The molecule has 6 heteroatoms. The molecule has 0 aliphatic carbocycles. The van der Waals surface area contributed by atoms with Crippen molar-refractivity contribution >= 4 is 11.6 Å². The SMILES string of the molecule is C[C@H](C(=O)Nc1ccccc1F)N1CCN(Cc2ccccc2F)CC1. The molecule has 0 bridgehead atoms. The van der Waals surface area contributed by atoms with Crippen LogP contribution in [0.2, 0.25) is 0 Å². The van der Waals surface area contributed by atoms with Gasteiger partial charge in [-0.05, 0) is 25.1 Å². The lowest BCUT2D eigenvalue weighted by atomic mass is 10.1. The third-order valence-corrected chi connectivity index (χ3v) is 4.82. The Labute approximate surface area is 152 Å². The highest BCUT2D eigenvalue weighted by Gasteiger charge is 2.26. The fourth-order valence-corrected chi connectivity index (χ4v) is 3.14. The maximum Gasteiger partial charge on any atom is 0.241 e. The first-order valence-electron chi connectivity index (χ1n) is 8.80. The maximum atomic E-state index is 13.8. The summed E-state index contributed by atoms with van der Waals surface area (Å²) in [5.41, 5.74) is 0.883. The number of carbonyl (C=O) groups is 1. The molecule has 1 aliphatic rings. The number of carbonyl (C=O) groups excluding carboxylic acids is 1. The summed E-state index contributed by atoms with van der Waals surface area (Å²) in [7, 11) is 0. The minimum absolute atomic E-state index is 0.187. The van der Waals surface area contributed by atoms with Crippen molar-refractivity contribution in [3.63, 3.8) is 0 Å². The lowest BCUT2D eigenvalue weighted by Gasteiger charge is -2.37. The molecule has 0 saturated carbocycles. The molecule has 2 aromatic carbocycles. The molecule has 1 heterocycles. The summed E-state index contributed by atoms with van der Waals surface area (Å²) >= 11 is 0. The van der Waals surface area contributed by atoms with Gasteiger partial charge in [0.25, 0.3) is 0 Å². The van der Waals surface area contributed by atoms with E-state index in [2.05, 4.69) is 15.1 Å². The van der Waals surface area contributed by atoms with Crippen molar-refractivity contribution in [1.29, 1.82) is 0 Å². The predicted molar refractivity (Wildman–Crippen MR) is 97.7 cm³/mol. The molecule has 138 valence electrons. The number of hydrogen-bond acceptors (Lipinski definition) is 3. The number of piperazine rings is 1. The molecule has 0 aromatic heterocycles. The Bertz CT molecular complexity index is 760. The number of anilines is 1. The van der Waals surface area contributed by atoms with E-state index in [9.17, 15) is 13.6 Å². The number of benzene rings is 2. The van der Waals surface area contributed by atoms with Gasteiger partial charge < -0.3 is 5.32 Å². The Morgan fingerprint density at radius 2 is 1.62 bits per heavy atom. The summed E-state index contributed by atoms with van der Waals surface area (Å²) in [5.74, 6) is -0.854. The first-order valence-corrected chi connectivity index (χ1v) is 8.80. The van der Waals surface area contributed by atoms with Crippen LogP contribution in [0.4, 0.5) is 14.5 Å². The molecule has 3 rings (SSSR count). The summed E-state index contributed by atoms with van der Waals surface area (Å²) in [4.78, 5) is 16.6. The second-order valence-electron chi connectivity index (χ2n) is 6.55. The molecule has 4 nitrogen and oxygen atoms in total. The first kappa shape index (κ1) is 18.5. The Balaban J connectivity index is 1.52. The Hall–Kier alpha value is -2.31. The second kappa shape index (κ2) is 8.38. The van der Waals surface area contributed by atoms with Gasteiger partial charge in [-0.2, -0.15) is 0 Å². The summed E-state index contributed by atoms with van der Waals surface area (Å²) in [6.07, 6.45) is 0. The van der Waals surface area contributed by atoms with Crippen molar-refractivity contribution in [2.24, 2.45) is 0 Å². The molecular weight excluding hydrogens is 336 g/mol. The van der Waals surface area contributed by atoms with Gasteiger partial charge in [0.05, 0.1) is 11.7 Å². The van der Waals surface area contributed by atoms with E-state index in [-0.39, 0.29) is 23.5 Å². The van der Waals surface area contributed by atoms with Gasteiger partial charge in [0, 0.05) is 38.3 Å². The van der Waals surface area contributed by atoms with Crippen LogP contribution < -0.4 is 5.32 Å². The fraction of sp³-hybridized carbons (Fsp3) is 0.350. The molecule has 26 heavy (non-hydrogen) atoms. The molecule has 1 atom stereocenters. The van der Waals surface area contributed by atoms with Crippen molar-refractivity contribution in [3.8, 4) is 0 Å². The highest BCUT2D eigenvalue weighted by atomic mass is 19.1.